The summed E-state index contributed by atoms with van der Waals surface area (Å²) >= 11 is 0. The molecule has 0 saturated heterocycles. The summed E-state index contributed by atoms with van der Waals surface area (Å²) in [5.74, 6) is 5.20. The number of anilines is 1. The third kappa shape index (κ3) is 2.90. The molecular weight excluding hydrogens is 264 g/mol. The first kappa shape index (κ1) is 13.5. The van der Waals surface area contributed by atoms with Crippen LogP contribution in [0.1, 0.15) is 16.2 Å². The SMILES string of the molecule is NNc1ccc([N+](=O)[O-])c(C(=O)NCc2ncc[nH]2)c1. The lowest BCUT2D eigenvalue weighted by atomic mass is 10.1. The largest absolute Gasteiger partial charge is 0.347 e. The van der Waals surface area contributed by atoms with Crippen LogP contribution in [-0.4, -0.2) is 20.8 Å². The fraction of sp³-hybridized carbons (Fsp3) is 0.0909. The van der Waals surface area contributed by atoms with E-state index in [-0.39, 0.29) is 17.8 Å². The van der Waals surface area contributed by atoms with Crippen molar-refractivity contribution in [2.24, 2.45) is 5.84 Å². The zero-order valence-corrected chi connectivity index (χ0v) is 10.3. The van der Waals surface area contributed by atoms with Gasteiger partial charge in [0, 0.05) is 24.1 Å². The number of nitrogens with two attached hydrogens (primary N) is 1. The van der Waals surface area contributed by atoms with Crippen molar-refractivity contribution in [1.29, 1.82) is 0 Å². The van der Waals surface area contributed by atoms with E-state index in [1.807, 2.05) is 0 Å². The number of nitrogen functional groups attached to an aromatic ring is 1. The summed E-state index contributed by atoms with van der Waals surface area (Å²) in [5, 5.41) is 13.5. The number of nitrogens with one attached hydrogen (secondary N) is 3. The first-order valence-corrected chi connectivity index (χ1v) is 5.63. The summed E-state index contributed by atoms with van der Waals surface area (Å²) in [6.45, 7) is 0.142. The Bertz CT molecular complexity index is 625. The van der Waals surface area contributed by atoms with Crippen LogP contribution in [0, 0.1) is 10.1 Å². The van der Waals surface area contributed by atoms with Gasteiger partial charge in [-0.1, -0.05) is 0 Å². The van der Waals surface area contributed by atoms with Crippen molar-refractivity contribution in [2.75, 3.05) is 5.43 Å². The molecule has 0 aliphatic rings. The first-order valence-electron chi connectivity index (χ1n) is 5.63. The van der Waals surface area contributed by atoms with Crippen LogP contribution in [0.2, 0.25) is 0 Å². The van der Waals surface area contributed by atoms with Crippen LogP contribution in [-0.2, 0) is 6.54 Å². The second-order valence-electron chi connectivity index (χ2n) is 3.85. The maximum atomic E-state index is 12.0. The minimum atomic E-state index is -0.623. The number of hydrazine groups is 1. The Balaban J connectivity index is 2.20. The minimum absolute atomic E-state index is 0.0722. The van der Waals surface area contributed by atoms with Crippen molar-refractivity contribution < 1.29 is 9.72 Å². The van der Waals surface area contributed by atoms with Crippen LogP contribution in [0.25, 0.3) is 0 Å². The average Bonchev–Trinajstić information content (AvgIpc) is 2.97. The molecule has 0 bridgehead atoms. The lowest BCUT2D eigenvalue weighted by molar-refractivity contribution is -0.385. The topological polar surface area (TPSA) is 139 Å². The van der Waals surface area contributed by atoms with Crippen LogP contribution in [0.4, 0.5) is 11.4 Å². The molecule has 9 heteroatoms. The highest BCUT2D eigenvalue weighted by Gasteiger charge is 2.20. The number of nitrogens with zero attached hydrogens (tertiary/aromatic N) is 2. The first-order chi connectivity index (χ1) is 9.61. The molecule has 20 heavy (non-hydrogen) atoms. The van der Waals surface area contributed by atoms with Gasteiger partial charge in [-0.25, -0.2) is 4.98 Å². The molecule has 1 aromatic carbocycles. The number of nitro benzene ring substituents is 1. The van der Waals surface area contributed by atoms with E-state index in [1.165, 1.54) is 18.2 Å². The highest BCUT2D eigenvalue weighted by Crippen LogP contribution is 2.22. The molecule has 0 spiro atoms. The third-order valence-electron chi connectivity index (χ3n) is 2.58. The van der Waals surface area contributed by atoms with Crippen molar-refractivity contribution in [1.82, 2.24) is 15.3 Å². The lowest BCUT2D eigenvalue weighted by Gasteiger charge is -2.06. The van der Waals surface area contributed by atoms with Crippen LogP contribution in [0.5, 0.6) is 0 Å². The average molecular weight is 276 g/mol. The maximum absolute atomic E-state index is 12.0. The van der Waals surface area contributed by atoms with Gasteiger partial charge in [0.25, 0.3) is 11.6 Å². The van der Waals surface area contributed by atoms with Crippen LogP contribution < -0.4 is 16.6 Å². The fourth-order valence-corrected chi connectivity index (χ4v) is 1.62. The van der Waals surface area contributed by atoms with Crippen molar-refractivity contribution in [3.8, 4) is 0 Å². The van der Waals surface area contributed by atoms with E-state index in [1.54, 1.807) is 12.4 Å². The number of amides is 1. The smallest absolute Gasteiger partial charge is 0.282 e. The van der Waals surface area contributed by atoms with Gasteiger partial charge in [0.15, 0.2) is 0 Å². The molecule has 1 heterocycles. The third-order valence-corrected chi connectivity index (χ3v) is 2.58. The number of rotatable bonds is 5. The number of aromatic nitrogens is 2. The summed E-state index contributed by atoms with van der Waals surface area (Å²) in [7, 11) is 0. The van der Waals surface area contributed by atoms with Gasteiger partial charge in [0.2, 0.25) is 0 Å². The molecular formula is C11H12N6O3. The summed E-state index contributed by atoms with van der Waals surface area (Å²) in [6.07, 6.45) is 3.16. The second kappa shape index (κ2) is 5.80. The Labute approximate surface area is 113 Å². The Morgan fingerprint density at radius 3 is 2.90 bits per heavy atom. The van der Waals surface area contributed by atoms with Crippen LogP contribution in [0.15, 0.2) is 30.6 Å². The molecule has 2 aromatic rings. The molecule has 5 N–H and O–H groups in total. The Kier molecular flexibility index (Phi) is 3.91. The van der Waals surface area contributed by atoms with Crippen molar-refractivity contribution in [3.05, 3.63) is 52.1 Å². The molecule has 0 aliphatic carbocycles. The van der Waals surface area contributed by atoms with Crippen molar-refractivity contribution >= 4 is 17.3 Å². The molecule has 0 atom stereocenters. The summed E-state index contributed by atoms with van der Waals surface area (Å²) in [4.78, 5) is 29.0. The van der Waals surface area contributed by atoms with Crippen molar-refractivity contribution in [2.45, 2.75) is 6.54 Å². The monoisotopic (exact) mass is 276 g/mol. The number of H-pyrrole nitrogens is 1. The molecule has 0 saturated carbocycles. The fourth-order valence-electron chi connectivity index (χ4n) is 1.62. The molecule has 1 amide bonds. The second-order valence-corrected chi connectivity index (χ2v) is 3.85. The van der Waals surface area contributed by atoms with E-state index < -0.39 is 10.8 Å². The molecule has 0 unspecified atom stereocenters. The van der Waals surface area contributed by atoms with Gasteiger partial charge in [-0.15, -0.1) is 0 Å². The predicted octanol–water partition coefficient (Wildman–Crippen LogP) is 0.533. The van der Waals surface area contributed by atoms with E-state index in [0.717, 1.165) is 0 Å². The number of hydrogen-bond donors (Lipinski definition) is 4. The van der Waals surface area contributed by atoms with Gasteiger partial charge in [-0.3, -0.25) is 20.8 Å². The van der Waals surface area contributed by atoms with E-state index >= 15 is 0 Å². The Morgan fingerprint density at radius 2 is 2.30 bits per heavy atom. The molecule has 9 nitrogen and oxygen atoms in total. The van der Waals surface area contributed by atoms with Gasteiger partial charge in [0.1, 0.15) is 11.4 Å². The van der Waals surface area contributed by atoms with Gasteiger partial charge in [-0.2, -0.15) is 0 Å². The summed E-state index contributed by atoms with van der Waals surface area (Å²) < 4.78 is 0. The number of carbonyl (C=O) groups is 1. The summed E-state index contributed by atoms with van der Waals surface area (Å²) in [6, 6.07) is 3.95. The van der Waals surface area contributed by atoms with Gasteiger partial charge in [0.05, 0.1) is 11.5 Å². The minimum Gasteiger partial charge on any atom is -0.347 e. The molecule has 1 aromatic heterocycles. The maximum Gasteiger partial charge on any atom is 0.282 e. The van der Waals surface area contributed by atoms with Crippen LogP contribution in [0.3, 0.4) is 0 Å². The Morgan fingerprint density at radius 1 is 1.50 bits per heavy atom. The highest BCUT2D eigenvalue weighted by atomic mass is 16.6. The predicted molar refractivity (Wildman–Crippen MR) is 70.7 cm³/mol. The molecule has 0 aliphatic heterocycles. The standard InChI is InChI=1S/C11H12N6O3/c12-16-7-1-2-9(17(19)20)8(5-7)11(18)15-6-10-13-3-4-14-10/h1-5,16H,6,12H2,(H,13,14)(H,15,18). The number of aromatic amines is 1. The normalized spacial score (nSPS) is 10.1. The van der Waals surface area contributed by atoms with E-state index in [9.17, 15) is 14.9 Å². The quantitative estimate of drug-likeness (QED) is 0.357. The van der Waals surface area contributed by atoms with Crippen molar-refractivity contribution in [3.63, 3.8) is 0 Å². The zero-order chi connectivity index (χ0) is 14.5. The highest BCUT2D eigenvalue weighted by molar-refractivity contribution is 5.99. The lowest BCUT2D eigenvalue weighted by Crippen LogP contribution is -2.24. The molecule has 0 fully saturated rings. The zero-order valence-electron chi connectivity index (χ0n) is 10.3. The number of nitro groups is 1. The van der Waals surface area contributed by atoms with E-state index in [4.69, 9.17) is 5.84 Å². The molecule has 104 valence electrons. The number of hydrogen-bond acceptors (Lipinski definition) is 6. The Hall–Kier alpha value is -2.94. The number of benzene rings is 1. The molecule has 0 radical (unpaired) electrons. The summed E-state index contributed by atoms with van der Waals surface area (Å²) in [5.41, 5.74) is 2.38. The van der Waals surface area contributed by atoms with Gasteiger partial charge in [-0.05, 0) is 12.1 Å². The van der Waals surface area contributed by atoms with E-state index in [0.29, 0.717) is 11.5 Å². The molecule has 2 rings (SSSR count). The van der Waals surface area contributed by atoms with E-state index in [2.05, 4.69) is 20.7 Å². The van der Waals surface area contributed by atoms with Crippen LogP contribution >= 0.6 is 0 Å². The van der Waals surface area contributed by atoms with Gasteiger partial charge < -0.3 is 15.7 Å². The number of carbonyl (C=O) groups excluding carboxylic acids is 1. The van der Waals surface area contributed by atoms with Gasteiger partial charge >= 0.3 is 0 Å². The number of imidazole rings is 1.